The third kappa shape index (κ3) is 2.21. The van der Waals surface area contributed by atoms with Gasteiger partial charge in [-0.25, -0.2) is 0 Å². The molecule has 2 rings (SSSR count). The molecule has 0 amide bonds. The van der Waals surface area contributed by atoms with Crippen molar-refractivity contribution in [3.05, 3.63) is 35.5 Å². The first-order chi connectivity index (χ1) is 8.06. The largest absolute Gasteiger partial charge is 0.396 e. The van der Waals surface area contributed by atoms with Crippen LogP contribution in [-0.2, 0) is 5.60 Å². The van der Waals surface area contributed by atoms with Gasteiger partial charge in [0.2, 0.25) is 0 Å². The molecule has 0 aliphatic rings. The molecule has 3 N–H and O–H groups in total. The second-order valence-electron chi connectivity index (χ2n) is 4.77. The van der Waals surface area contributed by atoms with E-state index in [-0.39, 0.29) is 6.61 Å². The maximum atomic E-state index is 10.6. The van der Waals surface area contributed by atoms with Crippen LogP contribution >= 0.6 is 0 Å². The Hall–Kier alpha value is -1.32. The maximum Gasteiger partial charge on any atom is 0.0892 e. The van der Waals surface area contributed by atoms with Gasteiger partial charge in [0.1, 0.15) is 0 Å². The Labute approximate surface area is 101 Å². The number of benzene rings is 1. The summed E-state index contributed by atoms with van der Waals surface area (Å²) < 4.78 is 0. The van der Waals surface area contributed by atoms with Crippen LogP contribution in [0, 0.1) is 6.92 Å². The van der Waals surface area contributed by atoms with Gasteiger partial charge in [0.05, 0.1) is 5.60 Å². The summed E-state index contributed by atoms with van der Waals surface area (Å²) in [6, 6.07) is 7.97. The van der Waals surface area contributed by atoms with Gasteiger partial charge in [-0.15, -0.1) is 0 Å². The first-order valence-corrected chi connectivity index (χ1v) is 5.97. The predicted molar refractivity (Wildman–Crippen MR) is 68.9 cm³/mol. The molecule has 3 heteroatoms. The van der Waals surface area contributed by atoms with E-state index in [1.165, 1.54) is 0 Å². The lowest BCUT2D eigenvalue weighted by molar-refractivity contribution is 0.0412. The average molecular weight is 233 g/mol. The van der Waals surface area contributed by atoms with E-state index in [2.05, 4.69) is 4.98 Å². The van der Waals surface area contributed by atoms with Crippen LogP contribution in [0.15, 0.2) is 24.3 Å². The van der Waals surface area contributed by atoms with Crippen molar-refractivity contribution >= 4 is 10.9 Å². The van der Waals surface area contributed by atoms with Crippen LogP contribution in [0.2, 0.25) is 0 Å². The number of H-pyrrole nitrogens is 1. The Bertz CT molecular complexity index is 514. The number of aryl methyl sites for hydroxylation is 1. The summed E-state index contributed by atoms with van der Waals surface area (Å²) in [5.41, 5.74) is 2.09. The second-order valence-corrected chi connectivity index (χ2v) is 4.77. The summed E-state index contributed by atoms with van der Waals surface area (Å²) in [4.78, 5) is 3.29. The molecule has 1 heterocycles. The molecular formula is C14H19NO2. The number of hydrogen-bond donors (Lipinski definition) is 3. The molecule has 1 atom stereocenters. The molecular weight excluding hydrogens is 214 g/mol. The Morgan fingerprint density at radius 2 is 2.00 bits per heavy atom. The molecule has 1 unspecified atom stereocenters. The van der Waals surface area contributed by atoms with E-state index in [0.717, 1.165) is 22.2 Å². The first-order valence-electron chi connectivity index (χ1n) is 5.97. The molecule has 1 aromatic carbocycles. The SMILES string of the molecule is Cc1[nH]c2ccccc2c1C(C)(O)CCCO. The van der Waals surface area contributed by atoms with Crippen LogP contribution in [0.4, 0.5) is 0 Å². The lowest BCUT2D eigenvalue weighted by atomic mass is 9.89. The van der Waals surface area contributed by atoms with E-state index in [1.54, 1.807) is 0 Å². The Morgan fingerprint density at radius 3 is 2.71 bits per heavy atom. The number of rotatable bonds is 4. The molecule has 17 heavy (non-hydrogen) atoms. The topological polar surface area (TPSA) is 56.2 Å². The van der Waals surface area contributed by atoms with Gasteiger partial charge in [0, 0.05) is 28.8 Å². The molecule has 0 aliphatic carbocycles. The van der Waals surface area contributed by atoms with Crippen LogP contribution in [0.1, 0.15) is 31.0 Å². The van der Waals surface area contributed by atoms with Gasteiger partial charge in [-0.05, 0) is 32.8 Å². The van der Waals surface area contributed by atoms with Crippen molar-refractivity contribution in [3.8, 4) is 0 Å². The standard InChI is InChI=1S/C14H19NO2/c1-10-13(14(2,17)8-5-9-16)11-6-3-4-7-12(11)15-10/h3-4,6-7,15-17H,5,8-9H2,1-2H3. The maximum absolute atomic E-state index is 10.6. The van der Waals surface area contributed by atoms with E-state index in [0.29, 0.717) is 12.8 Å². The van der Waals surface area contributed by atoms with Gasteiger partial charge < -0.3 is 15.2 Å². The molecule has 0 spiro atoms. The van der Waals surface area contributed by atoms with Gasteiger partial charge in [-0.1, -0.05) is 18.2 Å². The van der Waals surface area contributed by atoms with Crippen molar-refractivity contribution in [1.29, 1.82) is 0 Å². The smallest absolute Gasteiger partial charge is 0.0892 e. The second kappa shape index (κ2) is 4.51. The minimum Gasteiger partial charge on any atom is -0.396 e. The van der Waals surface area contributed by atoms with Gasteiger partial charge in [-0.2, -0.15) is 0 Å². The number of nitrogens with one attached hydrogen (secondary N) is 1. The van der Waals surface area contributed by atoms with Crippen LogP contribution in [-0.4, -0.2) is 21.8 Å². The summed E-state index contributed by atoms with van der Waals surface area (Å²) in [6.07, 6.45) is 1.16. The third-order valence-electron chi connectivity index (χ3n) is 3.25. The Kier molecular flexibility index (Phi) is 3.22. The number of aromatic nitrogens is 1. The predicted octanol–water partition coefficient (Wildman–Crippen LogP) is 2.46. The molecule has 92 valence electrons. The van der Waals surface area contributed by atoms with Crippen LogP contribution in [0.25, 0.3) is 10.9 Å². The van der Waals surface area contributed by atoms with E-state index < -0.39 is 5.60 Å². The lowest BCUT2D eigenvalue weighted by Crippen LogP contribution is -2.22. The molecule has 1 aromatic heterocycles. The van der Waals surface area contributed by atoms with Gasteiger partial charge in [0.15, 0.2) is 0 Å². The minimum atomic E-state index is -0.896. The summed E-state index contributed by atoms with van der Waals surface area (Å²) in [5, 5.41) is 20.5. The highest BCUT2D eigenvalue weighted by molar-refractivity contribution is 5.85. The summed E-state index contributed by atoms with van der Waals surface area (Å²) in [7, 11) is 0. The quantitative estimate of drug-likeness (QED) is 0.759. The van der Waals surface area contributed by atoms with Crippen molar-refractivity contribution in [2.75, 3.05) is 6.61 Å². The first kappa shape index (κ1) is 12.1. The average Bonchev–Trinajstić information content (AvgIpc) is 2.63. The van der Waals surface area contributed by atoms with Crippen molar-refractivity contribution in [2.45, 2.75) is 32.3 Å². The number of aromatic amines is 1. The molecule has 0 saturated heterocycles. The van der Waals surface area contributed by atoms with Gasteiger partial charge in [0.25, 0.3) is 0 Å². The Morgan fingerprint density at radius 1 is 1.29 bits per heavy atom. The van der Waals surface area contributed by atoms with Crippen LogP contribution < -0.4 is 0 Å². The number of aliphatic hydroxyl groups excluding tert-OH is 1. The van der Waals surface area contributed by atoms with Gasteiger partial charge >= 0.3 is 0 Å². The highest BCUT2D eigenvalue weighted by atomic mass is 16.3. The Balaban J connectivity index is 2.50. The number of hydrogen-bond acceptors (Lipinski definition) is 2. The van der Waals surface area contributed by atoms with Gasteiger partial charge in [-0.3, -0.25) is 0 Å². The van der Waals surface area contributed by atoms with Crippen molar-refractivity contribution in [1.82, 2.24) is 4.98 Å². The zero-order valence-corrected chi connectivity index (χ0v) is 10.3. The fourth-order valence-electron chi connectivity index (χ4n) is 2.52. The molecule has 3 nitrogen and oxygen atoms in total. The highest BCUT2D eigenvalue weighted by Gasteiger charge is 2.27. The zero-order valence-electron chi connectivity index (χ0n) is 10.3. The molecule has 2 aromatic rings. The van der Waals surface area contributed by atoms with Crippen LogP contribution in [0.5, 0.6) is 0 Å². The number of fused-ring (bicyclic) bond motifs is 1. The molecule has 0 bridgehead atoms. The van der Waals surface area contributed by atoms with Crippen molar-refractivity contribution < 1.29 is 10.2 Å². The van der Waals surface area contributed by atoms with E-state index >= 15 is 0 Å². The molecule has 0 radical (unpaired) electrons. The fraction of sp³-hybridized carbons (Fsp3) is 0.429. The summed E-state index contributed by atoms with van der Waals surface area (Å²) in [5.74, 6) is 0. The molecule has 0 fully saturated rings. The van der Waals surface area contributed by atoms with Crippen molar-refractivity contribution in [2.24, 2.45) is 0 Å². The lowest BCUT2D eigenvalue weighted by Gasteiger charge is -2.24. The summed E-state index contributed by atoms with van der Waals surface area (Å²) >= 11 is 0. The van der Waals surface area contributed by atoms with E-state index in [1.807, 2.05) is 38.1 Å². The molecule has 0 aliphatic heterocycles. The van der Waals surface area contributed by atoms with Crippen LogP contribution in [0.3, 0.4) is 0 Å². The highest BCUT2D eigenvalue weighted by Crippen LogP contribution is 2.34. The van der Waals surface area contributed by atoms with E-state index in [9.17, 15) is 5.11 Å². The monoisotopic (exact) mass is 233 g/mol. The minimum absolute atomic E-state index is 0.109. The summed E-state index contributed by atoms with van der Waals surface area (Å²) in [6.45, 7) is 3.89. The number of aliphatic hydroxyl groups is 2. The normalized spacial score (nSPS) is 15.1. The third-order valence-corrected chi connectivity index (χ3v) is 3.25. The molecule has 0 saturated carbocycles. The fourth-order valence-corrected chi connectivity index (χ4v) is 2.52. The number of para-hydroxylation sites is 1. The zero-order chi connectivity index (χ0) is 12.5. The van der Waals surface area contributed by atoms with Crippen molar-refractivity contribution in [3.63, 3.8) is 0 Å². The van der Waals surface area contributed by atoms with E-state index in [4.69, 9.17) is 5.11 Å².